The maximum atomic E-state index is 11.5. The lowest BCUT2D eigenvalue weighted by atomic mass is 10.3. The molecule has 0 amide bonds. The highest BCUT2D eigenvalue weighted by molar-refractivity contribution is 4.66. The molecule has 1 aliphatic rings. The van der Waals surface area contributed by atoms with E-state index in [4.69, 9.17) is 4.74 Å². The zero-order chi connectivity index (χ0) is 6.53. The summed E-state index contributed by atoms with van der Waals surface area (Å²) in [6, 6.07) is 0. The van der Waals surface area contributed by atoms with Gasteiger partial charge in [-0.2, -0.15) is 0 Å². The van der Waals surface area contributed by atoms with Gasteiger partial charge in [0.25, 0.3) is 0 Å². The fraction of sp³-hybridized carbons (Fsp3) is 1.00. The van der Waals surface area contributed by atoms with Crippen LogP contribution in [0.4, 0.5) is 4.39 Å². The largest absolute Gasteiger partial charge is 0.376 e. The Morgan fingerprint density at radius 3 is 2.56 bits per heavy atom. The summed E-state index contributed by atoms with van der Waals surface area (Å²) in [7, 11) is 0. The molecular weight excluding hydrogens is 119 g/mol. The number of rotatable bonds is 3. The second kappa shape index (κ2) is 3.83. The quantitative estimate of drug-likeness (QED) is 0.570. The van der Waals surface area contributed by atoms with Crippen LogP contribution in [0.5, 0.6) is 0 Å². The van der Waals surface area contributed by atoms with E-state index in [2.05, 4.69) is 0 Å². The van der Waals surface area contributed by atoms with Gasteiger partial charge >= 0.3 is 0 Å². The second-order valence-electron chi connectivity index (χ2n) is 2.47. The first-order chi connectivity index (χ1) is 4.43. The van der Waals surface area contributed by atoms with Gasteiger partial charge in [0.05, 0.1) is 12.7 Å². The van der Waals surface area contributed by atoms with Crippen molar-refractivity contribution in [2.24, 2.45) is 0 Å². The average Bonchev–Trinajstić information content (AvgIpc) is 2.34. The van der Waals surface area contributed by atoms with Crippen molar-refractivity contribution >= 4 is 0 Å². The molecule has 1 saturated carbocycles. The van der Waals surface area contributed by atoms with Gasteiger partial charge in [-0.1, -0.05) is 12.8 Å². The van der Waals surface area contributed by atoms with Gasteiger partial charge in [0.15, 0.2) is 0 Å². The van der Waals surface area contributed by atoms with E-state index in [1.807, 2.05) is 0 Å². The van der Waals surface area contributed by atoms with Crippen molar-refractivity contribution in [2.75, 3.05) is 13.3 Å². The minimum Gasteiger partial charge on any atom is -0.376 e. The van der Waals surface area contributed by atoms with Crippen molar-refractivity contribution in [3.8, 4) is 0 Å². The highest BCUT2D eigenvalue weighted by atomic mass is 19.1. The third-order valence-corrected chi connectivity index (χ3v) is 1.73. The van der Waals surface area contributed by atoms with Gasteiger partial charge < -0.3 is 4.74 Å². The van der Waals surface area contributed by atoms with Gasteiger partial charge in [0, 0.05) is 0 Å². The summed E-state index contributed by atoms with van der Waals surface area (Å²) in [5, 5.41) is 0. The van der Waals surface area contributed by atoms with Gasteiger partial charge in [0.1, 0.15) is 6.67 Å². The van der Waals surface area contributed by atoms with E-state index in [0.717, 1.165) is 12.8 Å². The molecular formula is C7H13FO. The standard InChI is InChI=1S/C7H13FO/c8-5-6-9-7-3-1-2-4-7/h7H,1-6H2. The lowest BCUT2D eigenvalue weighted by Gasteiger charge is -2.07. The molecule has 0 unspecified atom stereocenters. The maximum absolute atomic E-state index is 11.5. The highest BCUT2D eigenvalue weighted by Crippen LogP contribution is 2.20. The van der Waals surface area contributed by atoms with Crippen LogP contribution in [0.15, 0.2) is 0 Å². The SMILES string of the molecule is FCCOC1CCCC1. The van der Waals surface area contributed by atoms with Crippen molar-refractivity contribution in [2.45, 2.75) is 31.8 Å². The zero-order valence-electron chi connectivity index (χ0n) is 5.61. The number of alkyl halides is 1. The molecule has 0 heterocycles. The first-order valence-corrected chi connectivity index (χ1v) is 3.61. The Morgan fingerprint density at radius 2 is 2.00 bits per heavy atom. The molecule has 0 aromatic carbocycles. The van der Waals surface area contributed by atoms with Crippen LogP contribution in [0.1, 0.15) is 25.7 Å². The molecule has 1 aliphatic carbocycles. The molecule has 1 nitrogen and oxygen atoms in total. The molecule has 0 bridgehead atoms. The molecule has 0 radical (unpaired) electrons. The van der Waals surface area contributed by atoms with Crippen LogP contribution < -0.4 is 0 Å². The van der Waals surface area contributed by atoms with E-state index < -0.39 is 0 Å². The van der Waals surface area contributed by atoms with Gasteiger partial charge in [-0.05, 0) is 12.8 Å². The smallest absolute Gasteiger partial charge is 0.113 e. The maximum Gasteiger partial charge on any atom is 0.113 e. The van der Waals surface area contributed by atoms with Crippen molar-refractivity contribution < 1.29 is 9.13 Å². The summed E-state index contributed by atoms with van der Waals surface area (Å²) in [5.41, 5.74) is 0. The third-order valence-electron chi connectivity index (χ3n) is 1.73. The molecule has 9 heavy (non-hydrogen) atoms. The van der Waals surface area contributed by atoms with E-state index in [9.17, 15) is 4.39 Å². The van der Waals surface area contributed by atoms with Crippen molar-refractivity contribution in [3.05, 3.63) is 0 Å². The summed E-state index contributed by atoms with van der Waals surface area (Å²) >= 11 is 0. The minimum atomic E-state index is -0.337. The molecule has 1 fully saturated rings. The summed E-state index contributed by atoms with van der Waals surface area (Å²) in [6.45, 7) is -0.0405. The molecule has 0 aromatic heterocycles. The predicted molar refractivity (Wildman–Crippen MR) is 34.2 cm³/mol. The third kappa shape index (κ3) is 2.31. The Balaban J connectivity index is 1.98. The molecule has 0 aliphatic heterocycles. The average molecular weight is 132 g/mol. The van der Waals surface area contributed by atoms with Crippen LogP contribution in [-0.4, -0.2) is 19.4 Å². The Labute approximate surface area is 55.2 Å². The molecule has 0 saturated heterocycles. The van der Waals surface area contributed by atoms with Crippen LogP contribution in [-0.2, 0) is 4.74 Å². The van der Waals surface area contributed by atoms with Crippen LogP contribution in [0.3, 0.4) is 0 Å². The normalized spacial score (nSPS) is 21.0. The molecule has 0 spiro atoms. The summed E-state index contributed by atoms with van der Waals surface area (Å²) in [5.74, 6) is 0. The highest BCUT2D eigenvalue weighted by Gasteiger charge is 2.14. The molecule has 0 atom stereocenters. The van der Waals surface area contributed by atoms with Crippen molar-refractivity contribution in [3.63, 3.8) is 0 Å². The van der Waals surface area contributed by atoms with Gasteiger partial charge in [-0.3, -0.25) is 0 Å². The van der Waals surface area contributed by atoms with Crippen molar-refractivity contribution in [1.29, 1.82) is 0 Å². The number of ether oxygens (including phenoxy) is 1. The van der Waals surface area contributed by atoms with Gasteiger partial charge in [0.2, 0.25) is 0 Å². The van der Waals surface area contributed by atoms with Crippen molar-refractivity contribution in [1.82, 2.24) is 0 Å². The van der Waals surface area contributed by atoms with Crippen LogP contribution in [0.2, 0.25) is 0 Å². The monoisotopic (exact) mass is 132 g/mol. The summed E-state index contributed by atoms with van der Waals surface area (Å²) < 4.78 is 16.7. The number of halogens is 1. The van der Waals surface area contributed by atoms with Gasteiger partial charge in [-0.25, -0.2) is 4.39 Å². The Morgan fingerprint density at radius 1 is 1.33 bits per heavy atom. The first-order valence-electron chi connectivity index (χ1n) is 3.61. The number of hydrogen-bond donors (Lipinski definition) is 0. The lowest BCUT2D eigenvalue weighted by molar-refractivity contribution is 0.0492. The molecule has 2 heteroatoms. The van der Waals surface area contributed by atoms with Crippen LogP contribution in [0, 0.1) is 0 Å². The van der Waals surface area contributed by atoms with E-state index in [1.54, 1.807) is 0 Å². The summed E-state index contributed by atoms with van der Waals surface area (Å²) in [4.78, 5) is 0. The Bertz CT molecular complexity index is 69.3. The summed E-state index contributed by atoms with van der Waals surface area (Å²) in [6.07, 6.45) is 5.18. The minimum absolute atomic E-state index is 0.296. The number of hydrogen-bond acceptors (Lipinski definition) is 1. The predicted octanol–water partition coefficient (Wildman–Crippen LogP) is 1.92. The molecule has 1 rings (SSSR count). The van der Waals surface area contributed by atoms with Crippen LogP contribution in [0.25, 0.3) is 0 Å². The Kier molecular flexibility index (Phi) is 2.98. The topological polar surface area (TPSA) is 9.23 Å². The fourth-order valence-corrected chi connectivity index (χ4v) is 1.27. The van der Waals surface area contributed by atoms with E-state index in [-0.39, 0.29) is 6.67 Å². The van der Waals surface area contributed by atoms with Crippen LogP contribution >= 0.6 is 0 Å². The first kappa shape index (κ1) is 7.00. The molecule has 54 valence electrons. The van der Waals surface area contributed by atoms with E-state index >= 15 is 0 Å². The van der Waals surface area contributed by atoms with Gasteiger partial charge in [-0.15, -0.1) is 0 Å². The lowest BCUT2D eigenvalue weighted by Crippen LogP contribution is -2.09. The Hall–Kier alpha value is -0.110. The fourth-order valence-electron chi connectivity index (χ4n) is 1.27. The second-order valence-corrected chi connectivity index (χ2v) is 2.47. The molecule has 0 N–H and O–H groups in total. The zero-order valence-corrected chi connectivity index (χ0v) is 5.61. The van der Waals surface area contributed by atoms with E-state index in [1.165, 1.54) is 12.8 Å². The van der Waals surface area contributed by atoms with E-state index in [0.29, 0.717) is 12.7 Å². The molecule has 0 aromatic rings.